The van der Waals surface area contributed by atoms with Crippen LogP contribution in [0.15, 0.2) is 18.2 Å². The van der Waals surface area contributed by atoms with Crippen LogP contribution in [-0.4, -0.2) is 19.1 Å². The van der Waals surface area contributed by atoms with Crippen molar-refractivity contribution in [3.8, 4) is 5.75 Å². The number of hydrogen-bond acceptors (Lipinski definition) is 2. The fraction of sp³-hybridized carbons (Fsp3) is 0.462. The minimum Gasteiger partial charge on any atom is -0.483 e. The molecular formula is C13H19NO2. The lowest BCUT2D eigenvalue weighted by atomic mass is 10.1. The van der Waals surface area contributed by atoms with Crippen LogP contribution in [0.2, 0.25) is 0 Å². The minimum atomic E-state index is -0.0653. The first-order chi connectivity index (χ1) is 7.65. The monoisotopic (exact) mass is 221 g/mol. The van der Waals surface area contributed by atoms with E-state index in [0.29, 0.717) is 6.54 Å². The van der Waals surface area contributed by atoms with Gasteiger partial charge in [0.25, 0.3) is 5.91 Å². The van der Waals surface area contributed by atoms with Crippen molar-refractivity contribution in [3.05, 3.63) is 29.3 Å². The Bertz CT molecular complexity index is 341. The Hall–Kier alpha value is -1.51. The maximum absolute atomic E-state index is 11.4. The molecule has 0 atom stereocenters. The lowest BCUT2D eigenvalue weighted by Crippen LogP contribution is -2.29. The van der Waals surface area contributed by atoms with Crippen molar-refractivity contribution >= 4 is 5.91 Å². The van der Waals surface area contributed by atoms with E-state index in [9.17, 15) is 4.79 Å². The van der Waals surface area contributed by atoms with Crippen molar-refractivity contribution in [3.63, 3.8) is 0 Å². The number of aryl methyl sites for hydroxylation is 2. The Morgan fingerprint density at radius 1 is 1.31 bits per heavy atom. The molecule has 1 rings (SSSR count). The van der Waals surface area contributed by atoms with Gasteiger partial charge in [0.2, 0.25) is 0 Å². The Morgan fingerprint density at radius 3 is 2.50 bits per heavy atom. The molecule has 1 aromatic carbocycles. The highest BCUT2D eigenvalue weighted by atomic mass is 16.5. The summed E-state index contributed by atoms with van der Waals surface area (Å²) >= 11 is 0. The molecule has 0 unspecified atom stereocenters. The highest BCUT2D eigenvalue weighted by Crippen LogP contribution is 2.21. The van der Waals surface area contributed by atoms with Crippen molar-refractivity contribution in [1.29, 1.82) is 0 Å². The van der Waals surface area contributed by atoms with Crippen molar-refractivity contribution in [2.45, 2.75) is 27.2 Å². The van der Waals surface area contributed by atoms with Gasteiger partial charge in [-0.3, -0.25) is 4.79 Å². The molecule has 0 saturated heterocycles. The van der Waals surface area contributed by atoms with Gasteiger partial charge in [-0.1, -0.05) is 25.1 Å². The molecule has 0 fully saturated rings. The maximum atomic E-state index is 11.4. The zero-order valence-corrected chi connectivity index (χ0v) is 10.2. The Labute approximate surface area is 96.8 Å². The molecular weight excluding hydrogens is 202 g/mol. The summed E-state index contributed by atoms with van der Waals surface area (Å²) in [6.45, 7) is 6.77. The van der Waals surface area contributed by atoms with E-state index in [-0.39, 0.29) is 12.5 Å². The average molecular weight is 221 g/mol. The summed E-state index contributed by atoms with van der Waals surface area (Å²) in [4.78, 5) is 11.4. The molecule has 1 amide bonds. The standard InChI is InChI=1S/C13H19NO2/c1-4-8-14-12(15)9-16-13-10(2)6-5-7-11(13)3/h5-7H,4,8-9H2,1-3H3,(H,14,15). The summed E-state index contributed by atoms with van der Waals surface area (Å²) in [6.07, 6.45) is 0.940. The van der Waals surface area contributed by atoms with E-state index >= 15 is 0 Å². The molecule has 0 bridgehead atoms. The van der Waals surface area contributed by atoms with Gasteiger partial charge in [-0.25, -0.2) is 0 Å². The second-order valence-electron chi connectivity index (χ2n) is 3.86. The number of carbonyl (C=O) groups excluding carboxylic acids is 1. The molecule has 3 heteroatoms. The zero-order valence-electron chi connectivity index (χ0n) is 10.2. The van der Waals surface area contributed by atoms with Gasteiger partial charge in [-0.15, -0.1) is 0 Å². The number of carbonyl (C=O) groups is 1. The SMILES string of the molecule is CCCNC(=O)COc1c(C)cccc1C. The van der Waals surface area contributed by atoms with E-state index in [2.05, 4.69) is 5.32 Å². The van der Waals surface area contributed by atoms with Gasteiger partial charge >= 0.3 is 0 Å². The van der Waals surface area contributed by atoms with Crippen molar-refractivity contribution in [1.82, 2.24) is 5.32 Å². The van der Waals surface area contributed by atoms with Crippen LogP contribution < -0.4 is 10.1 Å². The molecule has 0 aliphatic heterocycles. The van der Waals surface area contributed by atoms with Gasteiger partial charge in [-0.05, 0) is 31.4 Å². The summed E-state index contributed by atoms with van der Waals surface area (Å²) in [5.41, 5.74) is 2.12. The van der Waals surface area contributed by atoms with Crippen LogP contribution in [0, 0.1) is 13.8 Å². The molecule has 0 aliphatic rings. The Kier molecular flexibility index (Phi) is 4.83. The van der Waals surface area contributed by atoms with Crippen molar-refractivity contribution in [2.24, 2.45) is 0 Å². The highest BCUT2D eigenvalue weighted by Gasteiger charge is 2.06. The summed E-state index contributed by atoms with van der Waals surface area (Å²) in [5.74, 6) is 0.749. The average Bonchev–Trinajstić information content (AvgIpc) is 2.25. The molecule has 1 aromatic rings. The smallest absolute Gasteiger partial charge is 0.257 e. The summed E-state index contributed by atoms with van der Waals surface area (Å²) in [6, 6.07) is 5.94. The van der Waals surface area contributed by atoms with E-state index in [1.54, 1.807) is 0 Å². The van der Waals surface area contributed by atoms with Gasteiger partial charge in [0.1, 0.15) is 5.75 Å². The first-order valence-electron chi connectivity index (χ1n) is 5.61. The van der Waals surface area contributed by atoms with E-state index in [1.807, 2.05) is 39.0 Å². The van der Waals surface area contributed by atoms with Crippen LogP contribution in [-0.2, 0) is 4.79 Å². The normalized spacial score (nSPS) is 9.94. The van der Waals surface area contributed by atoms with Gasteiger partial charge in [0, 0.05) is 6.54 Å². The second kappa shape index (κ2) is 6.16. The van der Waals surface area contributed by atoms with Crippen LogP contribution in [0.3, 0.4) is 0 Å². The van der Waals surface area contributed by atoms with Crippen LogP contribution in [0.1, 0.15) is 24.5 Å². The molecule has 16 heavy (non-hydrogen) atoms. The summed E-state index contributed by atoms with van der Waals surface area (Å²) in [5, 5.41) is 2.78. The molecule has 0 aromatic heterocycles. The molecule has 0 spiro atoms. The van der Waals surface area contributed by atoms with Crippen LogP contribution in [0.5, 0.6) is 5.75 Å². The second-order valence-corrected chi connectivity index (χ2v) is 3.86. The number of para-hydroxylation sites is 1. The number of rotatable bonds is 5. The van der Waals surface area contributed by atoms with E-state index < -0.39 is 0 Å². The molecule has 0 heterocycles. The largest absolute Gasteiger partial charge is 0.483 e. The fourth-order valence-corrected chi connectivity index (χ4v) is 1.48. The first kappa shape index (κ1) is 12.6. The number of amides is 1. The minimum absolute atomic E-state index is 0.0653. The number of hydrogen-bond donors (Lipinski definition) is 1. The Balaban J connectivity index is 2.51. The van der Waals surface area contributed by atoms with E-state index in [4.69, 9.17) is 4.74 Å². The van der Waals surface area contributed by atoms with E-state index in [1.165, 1.54) is 0 Å². The van der Waals surface area contributed by atoms with Crippen LogP contribution in [0.25, 0.3) is 0 Å². The first-order valence-corrected chi connectivity index (χ1v) is 5.61. The fourth-order valence-electron chi connectivity index (χ4n) is 1.48. The number of ether oxygens (including phenoxy) is 1. The lowest BCUT2D eigenvalue weighted by molar-refractivity contribution is -0.123. The third-order valence-electron chi connectivity index (χ3n) is 2.33. The molecule has 0 saturated carbocycles. The highest BCUT2D eigenvalue weighted by molar-refractivity contribution is 5.77. The predicted molar refractivity (Wildman–Crippen MR) is 64.7 cm³/mol. The van der Waals surface area contributed by atoms with Gasteiger partial charge < -0.3 is 10.1 Å². The maximum Gasteiger partial charge on any atom is 0.257 e. The number of nitrogens with one attached hydrogen (secondary N) is 1. The topological polar surface area (TPSA) is 38.3 Å². The quantitative estimate of drug-likeness (QED) is 0.827. The predicted octanol–water partition coefficient (Wildman–Crippen LogP) is 2.21. The van der Waals surface area contributed by atoms with Gasteiger partial charge in [-0.2, -0.15) is 0 Å². The van der Waals surface area contributed by atoms with Gasteiger partial charge in [0.05, 0.1) is 0 Å². The third-order valence-corrected chi connectivity index (χ3v) is 2.33. The third kappa shape index (κ3) is 3.57. The summed E-state index contributed by atoms with van der Waals surface area (Å²) < 4.78 is 5.51. The van der Waals surface area contributed by atoms with E-state index in [0.717, 1.165) is 23.3 Å². The Morgan fingerprint density at radius 2 is 1.94 bits per heavy atom. The molecule has 3 nitrogen and oxygen atoms in total. The number of benzene rings is 1. The zero-order chi connectivity index (χ0) is 12.0. The van der Waals surface area contributed by atoms with Crippen LogP contribution >= 0.6 is 0 Å². The molecule has 88 valence electrons. The lowest BCUT2D eigenvalue weighted by Gasteiger charge is -2.11. The summed E-state index contributed by atoms with van der Waals surface area (Å²) in [7, 11) is 0. The molecule has 0 aliphatic carbocycles. The van der Waals surface area contributed by atoms with Crippen molar-refractivity contribution in [2.75, 3.05) is 13.2 Å². The van der Waals surface area contributed by atoms with Gasteiger partial charge in [0.15, 0.2) is 6.61 Å². The molecule has 1 N–H and O–H groups in total. The van der Waals surface area contributed by atoms with Crippen molar-refractivity contribution < 1.29 is 9.53 Å². The molecule has 0 radical (unpaired) electrons. The van der Waals surface area contributed by atoms with Crippen LogP contribution in [0.4, 0.5) is 0 Å².